The summed E-state index contributed by atoms with van der Waals surface area (Å²) in [5.41, 5.74) is 2.20. The van der Waals surface area contributed by atoms with Crippen LogP contribution in [0, 0.1) is 18.5 Å². The predicted molar refractivity (Wildman–Crippen MR) is 223 cm³/mol. The molecule has 3 heterocycles. The van der Waals surface area contributed by atoms with Crippen LogP contribution in [0.25, 0.3) is 72.3 Å². The molecule has 11 rings (SSSR count). The second-order valence-electron chi connectivity index (χ2n) is 12.9. The van der Waals surface area contributed by atoms with E-state index in [2.05, 4.69) is 23.4 Å². The van der Waals surface area contributed by atoms with Gasteiger partial charge in [0.05, 0.1) is 30.4 Å². The molecule has 0 bridgehead atoms. The Hall–Kier alpha value is -6.55. The number of aromatic nitrogens is 4. The molecule has 0 saturated heterocycles. The Bertz CT molecular complexity index is 3840. The van der Waals surface area contributed by atoms with Crippen LogP contribution in [0.2, 0.25) is 0 Å². The van der Waals surface area contributed by atoms with Gasteiger partial charge in [-0.1, -0.05) is 127 Å². The summed E-state index contributed by atoms with van der Waals surface area (Å²) in [6.45, 7) is 0. The third kappa shape index (κ3) is 6.07. The van der Waals surface area contributed by atoms with E-state index in [0.717, 1.165) is 10.8 Å². The summed E-state index contributed by atoms with van der Waals surface area (Å²) >= 11 is 0. The minimum atomic E-state index is -2.87. The molecule has 1 aliphatic rings. The molecule has 1 aliphatic carbocycles. The van der Waals surface area contributed by atoms with Gasteiger partial charge in [0.25, 0.3) is 6.33 Å². The number of hydrogen-bond donors (Lipinski definition) is 0. The Balaban J connectivity index is 0.00000611. The maximum absolute atomic E-state index is 8.98. The summed E-state index contributed by atoms with van der Waals surface area (Å²) in [6.07, 6.45) is -3.67. The van der Waals surface area contributed by atoms with E-state index in [1.165, 1.54) is 18.3 Å². The minimum Gasteiger partial charge on any atom is -0.510 e. The summed E-state index contributed by atoms with van der Waals surface area (Å²) in [5.74, 6) is 0.693. The number of rotatable bonds is 7. The van der Waals surface area contributed by atoms with Crippen LogP contribution in [0.1, 0.15) is 39.4 Å². The number of nitrogens with zero attached hydrogens (tertiary/aromatic N) is 4. The minimum absolute atomic E-state index is 0. The molecule has 7 aromatic carbocycles. The van der Waals surface area contributed by atoms with E-state index >= 15 is 0 Å². The van der Waals surface area contributed by atoms with Crippen LogP contribution in [-0.4, -0.2) is 14.1 Å². The maximum atomic E-state index is 8.98. The molecule has 6 heteroatoms. The van der Waals surface area contributed by atoms with Gasteiger partial charge in [-0.2, -0.15) is 18.2 Å². The normalized spacial score (nSPS) is 18.9. The number of para-hydroxylation sites is 4. The SMILES string of the molecule is [2H]c1c([2H])c([2H])c(-c2cccc(-c3c([2H])c([2H])c([2H])c([2H])c3[2H])c2-[n+]2[c-]n(-c3[c-]c(Oc4[c-]c5c(cc4)c4ccccc4n5-c4cc5c(cn4)C([2H])([2H])C([2H])([2H])C5([2H])[2H])ccc3)c3ccccc32)c([2H])c1[2H].[Pt]. The Morgan fingerprint density at radius 2 is 1.35 bits per heavy atom. The molecular formula is C51H34N4OPt-2. The number of hydrogen-bond acceptors (Lipinski definition) is 2. The number of ether oxygens (including phenoxy) is 1. The molecule has 0 radical (unpaired) electrons. The molecule has 0 N–H and O–H groups in total. The van der Waals surface area contributed by atoms with Crippen LogP contribution in [0.15, 0.2) is 170 Å². The monoisotopic (exact) mass is 929 g/mol. The number of fused-ring (bicyclic) bond motifs is 5. The first-order chi connectivity index (χ1) is 34.2. The zero-order valence-electron chi connectivity index (χ0n) is 45.4. The molecule has 0 atom stereocenters. The summed E-state index contributed by atoms with van der Waals surface area (Å²) < 4.78 is 149. The molecule has 0 unspecified atom stereocenters. The fraction of sp³-hybridized carbons (Fsp3) is 0.0588. The summed E-state index contributed by atoms with van der Waals surface area (Å²) in [6, 6.07) is 30.2. The average molecular weight is 930 g/mol. The van der Waals surface area contributed by atoms with Crippen molar-refractivity contribution in [2.45, 2.75) is 19.1 Å². The molecular weight excluding hydrogens is 880 g/mol. The third-order valence-corrected chi connectivity index (χ3v) is 9.65. The van der Waals surface area contributed by atoms with Crippen molar-refractivity contribution in [1.82, 2.24) is 14.1 Å². The smallest absolute Gasteiger partial charge is 0.268 e. The first-order valence-electron chi connectivity index (χ1n) is 25.6. The van der Waals surface area contributed by atoms with Crippen molar-refractivity contribution in [2.75, 3.05) is 0 Å². The van der Waals surface area contributed by atoms with E-state index < -0.39 is 79.5 Å². The van der Waals surface area contributed by atoms with Crippen molar-refractivity contribution in [3.8, 4) is 50.9 Å². The van der Waals surface area contributed by atoms with Crippen molar-refractivity contribution in [3.05, 3.63) is 199 Å². The number of imidazole rings is 1. The molecule has 5 nitrogen and oxygen atoms in total. The quantitative estimate of drug-likeness (QED) is 0.118. The van der Waals surface area contributed by atoms with Crippen molar-refractivity contribution < 1.29 is 52.3 Å². The molecule has 0 aliphatic heterocycles. The first-order valence-corrected chi connectivity index (χ1v) is 17.6. The van der Waals surface area contributed by atoms with Gasteiger partial charge in [-0.25, -0.2) is 4.98 Å². The van der Waals surface area contributed by atoms with Gasteiger partial charge in [0.2, 0.25) is 0 Å². The van der Waals surface area contributed by atoms with E-state index in [1.807, 2.05) is 30.3 Å². The molecule has 0 spiro atoms. The van der Waals surface area contributed by atoms with Crippen molar-refractivity contribution in [1.29, 1.82) is 0 Å². The Kier molecular flexibility index (Phi) is 5.51. The number of benzene rings is 7. The first kappa shape index (κ1) is 21.7. The van der Waals surface area contributed by atoms with Gasteiger partial charge >= 0.3 is 0 Å². The van der Waals surface area contributed by atoms with Crippen LogP contribution >= 0.6 is 0 Å². The Labute approximate surface area is 367 Å². The van der Waals surface area contributed by atoms with E-state index in [1.54, 1.807) is 74.4 Å². The number of pyridine rings is 1. The zero-order valence-corrected chi connectivity index (χ0v) is 31.7. The van der Waals surface area contributed by atoms with Crippen LogP contribution in [-0.2, 0) is 33.8 Å². The van der Waals surface area contributed by atoms with Gasteiger partial charge in [-0.15, -0.1) is 29.7 Å². The van der Waals surface area contributed by atoms with Crippen LogP contribution in [0.5, 0.6) is 11.5 Å². The second-order valence-corrected chi connectivity index (χ2v) is 12.9. The van der Waals surface area contributed by atoms with E-state index in [-0.39, 0.29) is 77.5 Å². The largest absolute Gasteiger partial charge is 0.510 e. The van der Waals surface area contributed by atoms with Gasteiger partial charge in [0.1, 0.15) is 5.82 Å². The molecule has 57 heavy (non-hydrogen) atoms. The third-order valence-electron chi connectivity index (χ3n) is 9.65. The molecule has 3 aromatic heterocycles. The summed E-state index contributed by atoms with van der Waals surface area (Å²) in [5, 5.41) is 1.56. The summed E-state index contributed by atoms with van der Waals surface area (Å²) in [4.78, 5) is 4.54. The summed E-state index contributed by atoms with van der Waals surface area (Å²) in [7, 11) is 0. The van der Waals surface area contributed by atoms with Crippen LogP contribution in [0.3, 0.4) is 0 Å². The molecule has 276 valence electrons. The molecule has 0 amide bonds. The number of aryl methyl sites for hydroxylation is 2. The second kappa shape index (κ2) is 14.5. The topological polar surface area (TPSA) is 35.9 Å². The zero-order chi connectivity index (χ0) is 51.1. The van der Waals surface area contributed by atoms with Crippen molar-refractivity contribution in [2.24, 2.45) is 0 Å². The molecule has 10 aromatic rings. The van der Waals surface area contributed by atoms with E-state index in [4.69, 9.17) is 26.7 Å². The van der Waals surface area contributed by atoms with Crippen LogP contribution < -0.4 is 9.30 Å². The van der Waals surface area contributed by atoms with Crippen molar-refractivity contribution >= 4 is 32.8 Å². The Morgan fingerprint density at radius 1 is 0.667 bits per heavy atom. The van der Waals surface area contributed by atoms with E-state index in [0.29, 0.717) is 27.8 Å². The molecule has 0 fully saturated rings. The van der Waals surface area contributed by atoms with Gasteiger partial charge < -0.3 is 13.9 Å². The van der Waals surface area contributed by atoms with Crippen molar-refractivity contribution in [3.63, 3.8) is 0 Å². The molecule has 0 saturated carbocycles. The van der Waals surface area contributed by atoms with Gasteiger partial charge in [-0.05, 0) is 75.7 Å². The predicted octanol–water partition coefficient (Wildman–Crippen LogP) is 11.4. The fourth-order valence-corrected chi connectivity index (χ4v) is 7.21. The van der Waals surface area contributed by atoms with Crippen LogP contribution in [0.4, 0.5) is 0 Å². The maximum Gasteiger partial charge on any atom is 0.268 e. The average Bonchev–Trinajstić information content (AvgIpc) is 3.95. The van der Waals surface area contributed by atoms with Gasteiger partial charge in [-0.3, -0.25) is 4.57 Å². The van der Waals surface area contributed by atoms with Gasteiger partial charge in [0.15, 0.2) is 0 Å². The fourth-order valence-electron chi connectivity index (χ4n) is 7.21. The van der Waals surface area contributed by atoms with E-state index in [9.17, 15) is 0 Å². The Morgan fingerprint density at radius 3 is 2.14 bits per heavy atom. The standard InChI is InChI=1S/C51H34N4O.Pt/c1-3-14-35(15-4-1)42-23-13-24-43(36-16-5-2-6-17-36)51(42)54-34-53(47-26-9-10-27-48(47)54)39-20-12-21-40(31-39)56-41-28-29-45-44-22-7-8-25-46(44)55(49(45)32-41)50-30-37-18-11-19-38(37)33-52-50;/h1-10,12-17,20-30,33H,11,18-19H2;/q-2;/i1D,2D,3D,4D,5D,6D,11D2,14D,15D,16D,17D,18D2,19D2;. The van der Waals surface area contributed by atoms with Gasteiger partial charge in [0, 0.05) is 52.5 Å².